The minimum absolute atomic E-state index is 0.126. The standard InChI is InChI=1S/C11H16N2/c1-8(12)9-3-2-4-11(7-9)13-10-5-6-10/h2-4,7-8,10,13H,5-6,12H2,1H3. The van der Waals surface area contributed by atoms with Crippen LogP contribution in [0.5, 0.6) is 0 Å². The van der Waals surface area contributed by atoms with Crippen molar-refractivity contribution in [3.63, 3.8) is 0 Å². The van der Waals surface area contributed by atoms with Gasteiger partial charge in [-0.05, 0) is 37.5 Å². The van der Waals surface area contributed by atoms with Gasteiger partial charge < -0.3 is 11.1 Å². The molecule has 1 unspecified atom stereocenters. The molecule has 2 heteroatoms. The van der Waals surface area contributed by atoms with Crippen LogP contribution < -0.4 is 11.1 Å². The van der Waals surface area contributed by atoms with E-state index in [1.54, 1.807) is 0 Å². The molecule has 1 aliphatic carbocycles. The summed E-state index contributed by atoms with van der Waals surface area (Å²) < 4.78 is 0. The van der Waals surface area contributed by atoms with Crippen molar-refractivity contribution >= 4 is 5.69 Å². The van der Waals surface area contributed by atoms with Crippen LogP contribution in [0, 0.1) is 0 Å². The van der Waals surface area contributed by atoms with Gasteiger partial charge in [0.25, 0.3) is 0 Å². The van der Waals surface area contributed by atoms with Crippen molar-refractivity contribution in [3.05, 3.63) is 29.8 Å². The summed E-state index contributed by atoms with van der Waals surface area (Å²) >= 11 is 0. The topological polar surface area (TPSA) is 38.0 Å². The molecule has 2 rings (SSSR count). The van der Waals surface area contributed by atoms with Gasteiger partial charge in [0.05, 0.1) is 0 Å². The van der Waals surface area contributed by atoms with Crippen LogP contribution in [0.25, 0.3) is 0 Å². The number of benzene rings is 1. The number of hydrogen-bond acceptors (Lipinski definition) is 2. The lowest BCUT2D eigenvalue weighted by Crippen LogP contribution is -2.06. The maximum absolute atomic E-state index is 5.80. The Bertz CT molecular complexity index is 290. The van der Waals surface area contributed by atoms with Crippen LogP contribution in [0.1, 0.15) is 31.4 Å². The highest BCUT2D eigenvalue weighted by molar-refractivity contribution is 5.48. The Morgan fingerprint density at radius 2 is 2.23 bits per heavy atom. The molecule has 1 aliphatic rings. The highest BCUT2D eigenvalue weighted by Gasteiger charge is 2.20. The van der Waals surface area contributed by atoms with E-state index < -0.39 is 0 Å². The SMILES string of the molecule is CC(N)c1cccc(NC2CC2)c1. The zero-order valence-electron chi connectivity index (χ0n) is 7.96. The Morgan fingerprint density at radius 1 is 1.46 bits per heavy atom. The third-order valence-electron chi connectivity index (χ3n) is 2.36. The van der Waals surface area contributed by atoms with E-state index in [2.05, 4.69) is 29.6 Å². The second kappa shape index (κ2) is 3.38. The van der Waals surface area contributed by atoms with Gasteiger partial charge in [-0.25, -0.2) is 0 Å². The molecule has 0 heterocycles. The molecule has 1 aromatic carbocycles. The van der Waals surface area contributed by atoms with Gasteiger partial charge in [-0.3, -0.25) is 0 Å². The van der Waals surface area contributed by atoms with E-state index in [0.717, 1.165) is 0 Å². The van der Waals surface area contributed by atoms with E-state index in [-0.39, 0.29) is 6.04 Å². The third kappa shape index (κ3) is 2.22. The van der Waals surface area contributed by atoms with Crippen LogP contribution in [0.15, 0.2) is 24.3 Å². The van der Waals surface area contributed by atoms with Crippen LogP contribution in [-0.4, -0.2) is 6.04 Å². The molecule has 2 nitrogen and oxygen atoms in total. The van der Waals surface area contributed by atoms with Crippen molar-refractivity contribution in [2.45, 2.75) is 31.8 Å². The van der Waals surface area contributed by atoms with E-state index in [0.29, 0.717) is 6.04 Å². The van der Waals surface area contributed by atoms with Crippen molar-refractivity contribution in [3.8, 4) is 0 Å². The van der Waals surface area contributed by atoms with Crippen LogP contribution in [0.3, 0.4) is 0 Å². The van der Waals surface area contributed by atoms with Gasteiger partial charge in [-0.15, -0.1) is 0 Å². The quantitative estimate of drug-likeness (QED) is 0.741. The van der Waals surface area contributed by atoms with Crippen molar-refractivity contribution in [1.82, 2.24) is 0 Å². The molecule has 0 amide bonds. The van der Waals surface area contributed by atoms with E-state index in [4.69, 9.17) is 5.73 Å². The van der Waals surface area contributed by atoms with Gasteiger partial charge in [0.1, 0.15) is 0 Å². The number of hydrogen-bond donors (Lipinski definition) is 2. The van der Waals surface area contributed by atoms with Crippen molar-refractivity contribution in [2.24, 2.45) is 5.73 Å². The van der Waals surface area contributed by atoms with E-state index in [9.17, 15) is 0 Å². The summed E-state index contributed by atoms with van der Waals surface area (Å²) in [5, 5.41) is 3.46. The summed E-state index contributed by atoms with van der Waals surface area (Å²) in [5.41, 5.74) is 8.21. The minimum atomic E-state index is 0.126. The molecule has 0 bridgehead atoms. The molecule has 0 saturated heterocycles. The number of anilines is 1. The predicted octanol–water partition coefficient (Wildman–Crippen LogP) is 2.28. The average Bonchev–Trinajstić information content (AvgIpc) is 2.89. The average molecular weight is 176 g/mol. The normalized spacial score (nSPS) is 18.3. The summed E-state index contributed by atoms with van der Waals surface area (Å²) in [5.74, 6) is 0. The summed E-state index contributed by atoms with van der Waals surface area (Å²) in [7, 11) is 0. The summed E-state index contributed by atoms with van der Waals surface area (Å²) in [6.45, 7) is 2.01. The largest absolute Gasteiger partial charge is 0.382 e. The van der Waals surface area contributed by atoms with E-state index in [1.807, 2.05) is 6.92 Å². The monoisotopic (exact) mass is 176 g/mol. The molecule has 0 radical (unpaired) electrons. The molecule has 1 atom stereocenters. The highest BCUT2D eigenvalue weighted by atomic mass is 14.9. The first-order chi connectivity index (χ1) is 6.25. The minimum Gasteiger partial charge on any atom is -0.382 e. The second-order valence-electron chi connectivity index (χ2n) is 3.83. The lowest BCUT2D eigenvalue weighted by molar-refractivity contribution is 0.818. The summed E-state index contributed by atoms with van der Waals surface area (Å²) in [4.78, 5) is 0. The number of rotatable bonds is 3. The third-order valence-corrected chi connectivity index (χ3v) is 2.36. The molecule has 0 aliphatic heterocycles. The van der Waals surface area contributed by atoms with Crippen LogP contribution in [0.2, 0.25) is 0 Å². The Kier molecular flexibility index (Phi) is 2.23. The maximum Gasteiger partial charge on any atom is 0.0345 e. The predicted molar refractivity (Wildman–Crippen MR) is 55.7 cm³/mol. The molecule has 0 spiro atoms. The number of nitrogens with two attached hydrogens (primary N) is 1. The molecule has 1 fully saturated rings. The van der Waals surface area contributed by atoms with Crippen molar-refractivity contribution < 1.29 is 0 Å². The summed E-state index contributed by atoms with van der Waals surface area (Å²) in [6.07, 6.45) is 2.62. The molecule has 70 valence electrons. The molecule has 1 saturated carbocycles. The Hall–Kier alpha value is -1.02. The highest BCUT2D eigenvalue weighted by Crippen LogP contribution is 2.25. The van der Waals surface area contributed by atoms with Gasteiger partial charge in [-0.2, -0.15) is 0 Å². The zero-order valence-corrected chi connectivity index (χ0v) is 7.96. The Morgan fingerprint density at radius 3 is 2.85 bits per heavy atom. The smallest absolute Gasteiger partial charge is 0.0345 e. The first-order valence-electron chi connectivity index (χ1n) is 4.88. The Labute approximate surface area is 79.1 Å². The van der Waals surface area contributed by atoms with Gasteiger partial charge >= 0.3 is 0 Å². The van der Waals surface area contributed by atoms with E-state index in [1.165, 1.54) is 24.1 Å². The summed E-state index contributed by atoms with van der Waals surface area (Å²) in [6, 6.07) is 9.21. The zero-order chi connectivity index (χ0) is 9.26. The van der Waals surface area contributed by atoms with Gasteiger partial charge in [0.2, 0.25) is 0 Å². The van der Waals surface area contributed by atoms with Gasteiger partial charge in [0, 0.05) is 17.8 Å². The molecule has 0 aromatic heterocycles. The lowest BCUT2D eigenvalue weighted by atomic mass is 10.1. The molecule has 1 aromatic rings. The number of nitrogens with one attached hydrogen (secondary N) is 1. The maximum atomic E-state index is 5.80. The first-order valence-corrected chi connectivity index (χ1v) is 4.88. The lowest BCUT2D eigenvalue weighted by Gasteiger charge is -2.09. The molecular weight excluding hydrogens is 160 g/mol. The van der Waals surface area contributed by atoms with Crippen molar-refractivity contribution in [2.75, 3.05) is 5.32 Å². The fourth-order valence-corrected chi connectivity index (χ4v) is 1.38. The van der Waals surface area contributed by atoms with Crippen LogP contribution in [-0.2, 0) is 0 Å². The van der Waals surface area contributed by atoms with E-state index >= 15 is 0 Å². The molecular formula is C11H16N2. The van der Waals surface area contributed by atoms with Crippen molar-refractivity contribution in [1.29, 1.82) is 0 Å². The first kappa shape index (κ1) is 8.57. The fraction of sp³-hybridized carbons (Fsp3) is 0.455. The fourth-order valence-electron chi connectivity index (χ4n) is 1.38. The van der Waals surface area contributed by atoms with Crippen LogP contribution >= 0.6 is 0 Å². The molecule has 3 N–H and O–H groups in total. The van der Waals surface area contributed by atoms with Gasteiger partial charge in [-0.1, -0.05) is 12.1 Å². The molecule has 13 heavy (non-hydrogen) atoms. The van der Waals surface area contributed by atoms with Crippen LogP contribution in [0.4, 0.5) is 5.69 Å². The van der Waals surface area contributed by atoms with Gasteiger partial charge in [0.15, 0.2) is 0 Å². The second-order valence-corrected chi connectivity index (χ2v) is 3.83. The Balaban J connectivity index is 2.11.